The highest BCUT2D eigenvalue weighted by atomic mass is 35.5. The second-order valence-electron chi connectivity index (χ2n) is 3.64. The fourth-order valence-electron chi connectivity index (χ4n) is 1.83. The second-order valence-corrected chi connectivity index (χ2v) is 3.64. The van der Waals surface area contributed by atoms with Gasteiger partial charge in [0.25, 0.3) is 0 Å². The van der Waals surface area contributed by atoms with E-state index in [0.717, 1.165) is 52.6 Å². The predicted octanol–water partition coefficient (Wildman–Crippen LogP) is 0.151. The summed E-state index contributed by atoms with van der Waals surface area (Å²) in [5.74, 6) is 0. The molecule has 0 amide bonds. The summed E-state index contributed by atoms with van der Waals surface area (Å²) in [7, 11) is 0. The fraction of sp³-hybridized carbons (Fsp3) is 1.00. The van der Waals surface area contributed by atoms with E-state index in [1.807, 2.05) is 0 Å². The van der Waals surface area contributed by atoms with Crippen LogP contribution in [0.3, 0.4) is 0 Å². The van der Waals surface area contributed by atoms with Gasteiger partial charge in [-0.2, -0.15) is 0 Å². The third kappa shape index (κ3) is 5.33. The Hall–Kier alpha value is 0.420. The van der Waals surface area contributed by atoms with Crippen LogP contribution >= 0.6 is 24.8 Å². The van der Waals surface area contributed by atoms with E-state index < -0.39 is 0 Å². The smallest absolute Gasteiger partial charge is 0.0632 e. The highest BCUT2D eigenvalue weighted by molar-refractivity contribution is 5.85. The Morgan fingerprint density at radius 3 is 2.40 bits per heavy atom. The van der Waals surface area contributed by atoms with E-state index in [9.17, 15) is 0 Å². The first-order chi connectivity index (χ1) is 6.45. The maximum Gasteiger partial charge on any atom is 0.0632 e. The predicted molar refractivity (Wildman–Crippen MR) is 64.4 cm³/mol. The van der Waals surface area contributed by atoms with Gasteiger partial charge in [0.15, 0.2) is 0 Å². The van der Waals surface area contributed by atoms with Crippen molar-refractivity contribution in [1.29, 1.82) is 0 Å². The average molecular weight is 259 g/mol. The van der Waals surface area contributed by atoms with E-state index in [0.29, 0.717) is 6.04 Å². The van der Waals surface area contributed by atoms with Crippen LogP contribution in [0.15, 0.2) is 0 Å². The summed E-state index contributed by atoms with van der Waals surface area (Å²) in [4.78, 5) is 2.44. The van der Waals surface area contributed by atoms with Gasteiger partial charge >= 0.3 is 0 Å². The van der Waals surface area contributed by atoms with Gasteiger partial charge in [-0.3, -0.25) is 4.90 Å². The summed E-state index contributed by atoms with van der Waals surface area (Å²) in [5.41, 5.74) is 0. The fourth-order valence-corrected chi connectivity index (χ4v) is 1.83. The Morgan fingerprint density at radius 1 is 1.07 bits per heavy atom. The van der Waals surface area contributed by atoms with Crippen molar-refractivity contribution in [3.05, 3.63) is 0 Å². The highest BCUT2D eigenvalue weighted by Crippen LogP contribution is 2.01. The molecule has 0 radical (unpaired) electrons. The Labute approximate surface area is 103 Å². The lowest BCUT2D eigenvalue weighted by atomic mass is 10.2. The molecule has 2 aliphatic heterocycles. The first kappa shape index (κ1) is 15.4. The van der Waals surface area contributed by atoms with Crippen LogP contribution in [-0.2, 0) is 9.47 Å². The molecule has 0 aromatic carbocycles. The van der Waals surface area contributed by atoms with Gasteiger partial charge in [-0.25, -0.2) is 0 Å². The molecular formula is C9H20Cl2N2O2. The van der Waals surface area contributed by atoms with E-state index >= 15 is 0 Å². The Balaban J connectivity index is 0.000000980. The second kappa shape index (κ2) is 8.56. The average Bonchev–Trinajstić information content (AvgIpc) is 2.21. The minimum Gasteiger partial charge on any atom is -0.379 e. The number of hydrogen-bond acceptors (Lipinski definition) is 4. The highest BCUT2D eigenvalue weighted by Gasteiger charge is 2.18. The molecule has 0 spiro atoms. The van der Waals surface area contributed by atoms with Gasteiger partial charge in [-0.05, 0) is 0 Å². The standard InChI is InChI=1S/C9H18N2O2.2ClH/c1-4-13-8-9(10-1)7-11-2-5-12-6-3-11;;/h9-10H,1-8H2;2*1H. The van der Waals surface area contributed by atoms with Crippen LogP contribution in [0.4, 0.5) is 0 Å². The maximum absolute atomic E-state index is 5.40. The monoisotopic (exact) mass is 258 g/mol. The lowest BCUT2D eigenvalue weighted by Gasteiger charge is -2.32. The molecule has 2 heterocycles. The molecule has 2 saturated heterocycles. The van der Waals surface area contributed by atoms with Crippen molar-refractivity contribution in [2.24, 2.45) is 0 Å². The van der Waals surface area contributed by atoms with Crippen LogP contribution in [0.25, 0.3) is 0 Å². The van der Waals surface area contributed by atoms with Gasteiger partial charge in [0, 0.05) is 32.2 Å². The molecule has 1 unspecified atom stereocenters. The topological polar surface area (TPSA) is 33.7 Å². The molecule has 15 heavy (non-hydrogen) atoms. The zero-order valence-electron chi connectivity index (χ0n) is 8.81. The molecule has 0 aromatic heterocycles. The lowest BCUT2D eigenvalue weighted by molar-refractivity contribution is 0.0148. The van der Waals surface area contributed by atoms with Crippen molar-refractivity contribution < 1.29 is 9.47 Å². The number of nitrogens with one attached hydrogen (secondary N) is 1. The van der Waals surface area contributed by atoms with E-state index in [4.69, 9.17) is 9.47 Å². The Bertz CT molecular complexity index is 135. The van der Waals surface area contributed by atoms with Gasteiger partial charge in [0.1, 0.15) is 0 Å². The summed E-state index contributed by atoms with van der Waals surface area (Å²) in [6.45, 7) is 7.72. The van der Waals surface area contributed by atoms with Crippen molar-refractivity contribution in [3.8, 4) is 0 Å². The first-order valence-electron chi connectivity index (χ1n) is 5.06. The third-order valence-corrected chi connectivity index (χ3v) is 2.58. The molecule has 0 saturated carbocycles. The molecule has 1 N–H and O–H groups in total. The maximum atomic E-state index is 5.40. The SMILES string of the molecule is C1COCC(CN2CCOCC2)N1.Cl.Cl. The number of hydrogen-bond donors (Lipinski definition) is 1. The van der Waals surface area contributed by atoms with Crippen molar-refractivity contribution in [1.82, 2.24) is 10.2 Å². The number of morpholine rings is 2. The lowest BCUT2D eigenvalue weighted by Crippen LogP contribution is -2.50. The summed E-state index contributed by atoms with van der Waals surface area (Å²) < 4.78 is 10.7. The molecule has 0 aromatic rings. The molecule has 0 bridgehead atoms. The van der Waals surface area contributed by atoms with Crippen LogP contribution < -0.4 is 5.32 Å². The zero-order chi connectivity index (χ0) is 8.93. The Morgan fingerprint density at radius 2 is 1.80 bits per heavy atom. The van der Waals surface area contributed by atoms with Gasteiger partial charge in [0.05, 0.1) is 26.4 Å². The van der Waals surface area contributed by atoms with Crippen LogP contribution in [0.1, 0.15) is 0 Å². The normalized spacial score (nSPS) is 27.6. The molecule has 4 nitrogen and oxygen atoms in total. The molecule has 2 aliphatic rings. The number of halogens is 2. The van der Waals surface area contributed by atoms with Crippen LogP contribution in [0.2, 0.25) is 0 Å². The molecule has 1 atom stereocenters. The van der Waals surface area contributed by atoms with E-state index in [1.54, 1.807) is 0 Å². The quantitative estimate of drug-likeness (QED) is 0.765. The molecular weight excluding hydrogens is 239 g/mol. The molecule has 2 rings (SSSR count). The molecule has 2 fully saturated rings. The summed E-state index contributed by atoms with van der Waals surface area (Å²) >= 11 is 0. The van der Waals surface area contributed by atoms with Crippen LogP contribution in [0.5, 0.6) is 0 Å². The number of rotatable bonds is 2. The van der Waals surface area contributed by atoms with Crippen molar-refractivity contribution >= 4 is 24.8 Å². The Kier molecular flexibility index (Phi) is 8.80. The van der Waals surface area contributed by atoms with Crippen LogP contribution in [-0.4, -0.2) is 63.5 Å². The van der Waals surface area contributed by atoms with E-state index in [1.165, 1.54) is 0 Å². The van der Waals surface area contributed by atoms with E-state index in [-0.39, 0.29) is 24.8 Å². The molecule has 0 aliphatic carbocycles. The number of nitrogens with zero attached hydrogens (tertiary/aromatic N) is 1. The van der Waals surface area contributed by atoms with Gasteiger partial charge in [-0.15, -0.1) is 24.8 Å². The molecule has 6 heteroatoms. The summed E-state index contributed by atoms with van der Waals surface area (Å²) in [6, 6.07) is 0.520. The zero-order valence-corrected chi connectivity index (χ0v) is 10.4. The number of ether oxygens (including phenoxy) is 2. The van der Waals surface area contributed by atoms with Crippen LogP contribution in [0, 0.1) is 0 Å². The van der Waals surface area contributed by atoms with Crippen molar-refractivity contribution in [2.45, 2.75) is 6.04 Å². The first-order valence-corrected chi connectivity index (χ1v) is 5.06. The summed E-state index contributed by atoms with van der Waals surface area (Å²) in [6.07, 6.45) is 0. The largest absolute Gasteiger partial charge is 0.379 e. The van der Waals surface area contributed by atoms with E-state index in [2.05, 4.69) is 10.2 Å². The minimum atomic E-state index is 0. The van der Waals surface area contributed by atoms with Gasteiger partial charge < -0.3 is 14.8 Å². The van der Waals surface area contributed by atoms with Crippen molar-refractivity contribution in [2.75, 3.05) is 52.6 Å². The molecule has 92 valence electrons. The summed E-state index contributed by atoms with van der Waals surface area (Å²) in [5, 5.41) is 3.46. The minimum absolute atomic E-state index is 0. The van der Waals surface area contributed by atoms with Gasteiger partial charge in [-0.1, -0.05) is 0 Å². The van der Waals surface area contributed by atoms with Gasteiger partial charge in [0.2, 0.25) is 0 Å². The van der Waals surface area contributed by atoms with Crippen molar-refractivity contribution in [3.63, 3.8) is 0 Å². The third-order valence-electron chi connectivity index (χ3n) is 2.58.